The van der Waals surface area contributed by atoms with Crippen LogP contribution in [0.1, 0.15) is 30.4 Å². The minimum absolute atomic E-state index is 0.0923. The molecule has 0 spiro atoms. The molecule has 4 rings (SSSR count). The van der Waals surface area contributed by atoms with Gasteiger partial charge in [0.1, 0.15) is 5.75 Å². The SMILES string of the molecule is COc1ccc(S(=O)(=O)CCCC(=O)N(CCCN2CCOCC2)c2nc3cc(C)c(C)cc3s2)cc1. The molecule has 2 aromatic carbocycles. The minimum atomic E-state index is -3.49. The van der Waals surface area contributed by atoms with Gasteiger partial charge in [0.15, 0.2) is 15.0 Å². The standard InChI is InChI=1S/C27H35N3O5S2/c1-20-18-24-25(19-21(20)2)36-27(28-24)30(12-5-11-29-13-15-35-16-14-29)26(31)6-4-17-37(32,33)23-9-7-22(34-3)8-10-23/h7-10,18-19H,4-6,11-17H2,1-3H3. The van der Waals surface area contributed by atoms with Gasteiger partial charge in [0.25, 0.3) is 0 Å². The third-order valence-electron chi connectivity index (χ3n) is 6.71. The third-order valence-corrected chi connectivity index (χ3v) is 9.56. The van der Waals surface area contributed by atoms with Crippen molar-refractivity contribution in [1.82, 2.24) is 9.88 Å². The van der Waals surface area contributed by atoms with Crippen molar-refractivity contribution in [2.24, 2.45) is 0 Å². The van der Waals surface area contributed by atoms with Gasteiger partial charge in [-0.25, -0.2) is 13.4 Å². The molecule has 3 aromatic rings. The quantitative estimate of drug-likeness (QED) is 0.356. The van der Waals surface area contributed by atoms with E-state index in [2.05, 4.69) is 30.9 Å². The maximum atomic E-state index is 13.4. The van der Waals surface area contributed by atoms with Gasteiger partial charge in [0.05, 0.1) is 41.2 Å². The summed E-state index contributed by atoms with van der Waals surface area (Å²) in [4.78, 5) is 22.5. The van der Waals surface area contributed by atoms with Crippen molar-refractivity contribution in [3.8, 4) is 5.75 Å². The summed E-state index contributed by atoms with van der Waals surface area (Å²) in [6.07, 6.45) is 1.20. The maximum Gasteiger partial charge on any atom is 0.228 e. The van der Waals surface area contributed by atoms with Crippen LogP contribution in [0.15, 0.2) is 41.3 Å². The van der Waals surface area contributed by atoms with E-state index in [9.17, 15) is 13.2 Å². The van der Waals surface area contributed by atoms with Gasteiger partial charge in [0.2, 0.25) is 5.91 Å². The van der Waals surface area contributed by atoms with Crippen LogP contribution in [0.25, 0.3) is 10.2 Å². The highest BCUT2D eigenvalue weighted by Gasteiger charge is 2.22. The lowest BCUT2D eigenvalue weighted by atomic mass is 10.1. The van der Waals surface area contributed by atoms with E-state index in [4.69, 9.17) is 14.5 Å². The number of aryl methyl sites for hydroxylation is 2. The first-order chi connectivity index (χ1) is 17.8. The zero-order chi connectivity index (χ0) is 26.4. The second kappa shape index (κ2) is 12.3. The van der Waals surface area contributed by atoms with Crippen molar-refractivity contribution in [3.05, 3.63) is 47.5 Å². The number of aromatic nitrogens is 1. The summed E-state index contributed by atoms with van der Waals surface area (Å²) in [5.74, 6) is 0.410. The number of ether oxygens (including phenoxy) is 2. The molecule has 200 valence electrons. The monoisotopic (exact) mass is 545 g/mol. The number of thiazole rings is 1. The summed E-state index contributed by atoms with van der Waals surface area (Å²) in [5, 5.41) is 0.671. The molecule has 1 aliphatic heterocycles. The Balaban J connectivity index is 1.44. The number of nitrogens with zero attached hydrogens (tertiary/aromatic N) is 3. The lowest BCUT2D eigenvalue weighted by molar-refractivity contribution is -0.118. The molecule has 0 unspecified atom stereocenters. The van der Waals surface area contributed by atoms with Crippen LogP contribution in [-0.2, 0) is 19.4 Å². The first-order valence-electron chi connectivity index (χ1n) is 12.6. The molecule has 1 aromatic heterocycles. The molecular weight excluding hydrogens is 510 g/mol. The molecular formula is C27H35N3O5S2. The summed E-state index contributed by atoms with van der Waals surface area (Å²) in [7, 11) is -1.95. The summed E-state index contributed by atoms with van der Waals surface area (Å²) < 4.78 is 37.2. The molecule has 2 heterocycles. The second-order valence-electron chi connectivity index (χ2n) is 9.35. The number of rotatable bonds is 11. The van der Waals surface area contributed by atoms with E-state index in [1.807, 2.05) is 0 Å². The van der Waals surface area contributed by atoms with Crippen LogP contribution in [0, 0.1) is 13.8 Å². The average Bonchev–Trinajstić information content (AvgIpc) is 3.29. The number of benzene rings is 2. The zero-order valence-corrected chi connectivity index (χ0v) is 23.4. The Bertz CT molecular complexity index is 1280. The van der Waals surface area contributed by atoms with E-state index in [0.717, 1.165) is 49.5 Å². The normalized spacial score (nSPS) is 14.7. The molecule has 0 N–H and O–H groups in total. The number of hydrogen-bond donors (Lipinski definition) is 0. The Morgan fingerprint density at radius 3 is 2.51 bits per heavy atom. The summed E-state index contributed by atoms with van der Waals surface area (Å²) in [6, 6.07) is 10.5. The van der Waals surface area contributed by atoms with E-state index in [1.54, 1.807) is 29.2 Å². The number of carbonyl (C=O) groups excluding carboxylic acids is 1. The average molecular weight is 546 g/mol. The number of methoxy groups -OCH3 is 1. The van der Waals surface area contributed by atoms with Gasteiger partial charge in [-0.15, -0.1) is 0 Å². The predicted molar refractivity (Wildman–Crippen MR) is 148 cm³/mol. The first-order valence-corrected chi connectivity index (χ1v) is 15.1. The highest BCUT2D eigenvalue weighted by molar-refractivity contribution is 7.91. The number of fused-ring (bicyclic) bond motifs is 1. The van der Waals surface area contributed by atoms with Gasteiger partial charge in [-0.2, -0.15) is 0 Å². The van der Waals surface area contributed by atoms with Crippen molar-refractivity contribution in [2.75, 3.05) is 57.2 Å². The molecule has 10 heteroatoms. The molecule has 0 saturated carbocycles. The second-order valence-corrected chi connectivity index (χ2v) is 12.5. The third kappa shape index (κ3) is 7.07. The topological polar surface area (TPSA) is 89.0 Å². The molecule has 1 amide bonds. The van der Waals surface area contributed by atoms with E-state index < -0.39 is 9.84 Å². The summed E-state index contributed by atoms with van der Waals surface area (Å²) in [6.45, 7) is 8.82. The largest absolute Gasteiger partial charge is 0.497 e. The molecule has 1 aliphatic rings. The molecule has 1 fully saturated rings. The van der Waals surface area contributed by atoms with Gasteiger partial charge < -0.3 is 9.47 Å². The molecule has 8 nitrogen and oxygen atoms in total. The van der Waals surface area contributed by atoms with Crippen molar-refractivity contribution in [1.29, 1.82) is 0 Å². The fourth-order valence-corrected chi connectivity index (χ4v) is 6.74. The maximum absolute atomic E-state index is 13.4. The van der Waals surface area contributed by atoms with Crippen LogP contribution < -0.4 is 9.64 Å². The van der Waals surface area contributed by atoms with Crippen molar-refractivity contribution in [3.63, 3.8) is 0 Å². The highest BCUT2D eigenvalue weighted by Crippen LogP contribution is 2.31. The van der Waals surface area contributed by atoms with Gasteiger partial charge in [-0.1, -0.05) is 11.3 Å². The fourth-order valence-electron chi connectivity index (χ4n) is 4.34. The Hall–Kier alpha value is -2.53. The molecule has 0 aliphatic carbocycles. The Labute approximate surface area is 223 Å². The van der Waals surface area contributed by atoms with Gasteiger partial charge in [-0.3, -0.25) is 14.6 Å². The van der Waals surface area contributed by atoms with E-state index in [-0.39, 0.29) is 29.4 Å². The van der Waals surface area contributed by atoms with Gasteiger partial charge in [0, 0.05) is 32.6 Å². The molecule has 0 radical (unpaired) electrons. The van der Waals surface area contributed by atoms with Crippen LogP contribution in [0.3, 0.4) is 0 Å². The highest BCUT2D eigenvalue weighted by atomic mass is 32.2. The Kier molecular flexibility index (Phi) is 9.17. The minimum Gasteiger partial charge on any atom is -0.497 e. The van der Waals surface area contributed by atoms with Crippen molar-refractivity contribution >= 4 is 42.4 Å². The fraction of sp³-hybridized carbons (Fsp3) is 0.481. The number of sulfone groups is 1. The lowest BCUT2D eigenvalue weighted by Crippen LogP contribution is -2.39. The van der Waals surface area contributed by atoms with Crippen LogP contribution in [-0.4, -0.2) is 76.5 Å². The van der Waals surface area contributed by atoms with E-state index in [1.165, 1.54) is 29.6 Å². The van der Waals surface area contributed by atoms with Crippen LogP contribution in [0.2, 0.25) is 0 Å². The Morgan fingerprint density at radius 1 is 1.11 bits per heavy atom. The van der Waals surface area contributed by atoms with Gasteiger partial charge >= 0.3 is 0 Å². The predicted octanol–water partition coefficient (Wildman–Crippen LogP) is 4.23. The zero-order valence-electron chi connectivity index (χ0n) is 21.7. The van der Waals surface area contributed by atoms with E-state index in [0.29, 0.717) is 17.4 Å². The number of anilines is 1. The van der Waals surface area contributed by atoms with Crippen LogP contribution in [0.4, 0.5) is 5.13 Å². The molecule has 0 atom stereocenters. The number of morpholine rings is 1. The molecule has 37 heavy (non-hydrogen) atoms. The number of carbonyl (C=O) groups is 1. The smallest absolute Gasteiger partial charge is 0.228 e. The Morgan fingerprint density at radius 2 is 1.81 bits per heavy atom. The first kappa shape index (κ1) is 27.5. The summed E-state index contributed by atoms with van der Waals surface area (Å²) in [5.41, 5.74) is 3.24. The summed E-state index contributed by atoms with van der Waals surface area (Å²) >= 11 is 1.51. The van der Waals surface area contributed by atoms with Crippen molar-refractivity contribution < 1.29 is 22.7 Å². The number of amides is 1. The van der Waals surface area contributed by atoms with Crippen molar-refractivity contribution in [2.45, 2.75) is 38.0 Å². The lowest BCUT2D eigenvalue weighted by Gasteiger charge is -2.27. The molecule has 1 saturated heterocycles. The molecule has 0 bridgehead atoms. The van der Waals surface area contributed by atoms with E-state index >= 15 is 0 Å². The van der Waals surface area contributed by atoms with Crippen LogP contribution >= 0.6 is 11.3 Å². The van der Waals surface area contributed by atoms with Crippen LogP contribution in [0.5, 0.6) is 5.75 Å². The number of hydrogen-bond acceptors (Lipinski definition) is 8. The van der Waals surface area contributed by atoms with Gasteiger partial charge in [-0.05, 0) is 74.2 Å².